The number of unbranched alkanes of at least 4 members (excludes halogenated alkanes) is 2. The monoisotopic (exact) mass is 673 g/mol. The van der Waals surface area contributed by atoms with Crippen LogP contribution in [0.2, 0.25) is 0 Å². The number of anilines is 3. The number of aliphatic hydroxyl groups excluding tert-OH is 1. The minimum absolute atomic E-state index is 0.0350. The Morgan fingerprint density at radius 1 is 0.980 bits per heavy atom. The van der Waals surface area contributed by atoms with Gasteiger partial charge in [-0.25, -0.2) is 0 Å². The van der Waals surface area contributed by atoms with E-state index in [0.717, 1.165) is 17.1 Å². The molecule has 0 aromatic heterocycles. The highest BCUT2D eigenvalue weighted by atomic mass is 16.7. The third-order valence-corrected chi connectivity index (χ3v) is 8.87. The smallest absolute Gasteiger partial charge is 0.258 e. The Labute approximate surface area is 287 Å². The average molecular weight is 674 g/mol. The molecule has 0 aliphatic carbocycles. The quantitative estimate of drug-likeness (QED) is 0.138. The first kappa shape index (κ1) is 35.5. The lowest BCUT2D eigenvalue weighted by atomic mass is 9.99. The molecule has 3 aromatic rings. The van der Waals surface area contributed by atoms with Crippen molar-refractivity contribution in [3.63, 3.8) is 0 Å². The molecular weight excluding hydrogens is 626 g/mol. The van der Waals surface area contributed by atoms with Gasteiger partial charge in [-0.1, -0.05) is 31.5 Å². The lowest BCUT2D eigenvalue weighted by Gasteiger charge is -2.38. The van der Waals surface area contributed by atoms with Gasteiger partial charge < -0.3 is 40.6 Å². The molecule has 262 valence electrons. The largest absolute Gasteiger partial charge is 0.488 e. The van der Waals surface area contributed by atoms with E-state index in [1.54, 1.807) is 35.2 Å². The van der Waals surface area contributed by atoms with Gasteiger partial charge in [-0.05, 0) is 74.8 Å². The molecule has 2 aliphatic heterocycles. The van der Waals surface area contributed by atoms with E-state index in [1.165, 1.54) is 0 Å². The summed E-state index contributed by atoms with van der Waals surface area (Å²) < 4.78 is 17.5. The number of aliphatic hydroxyl groups is 1. The Morgan fingerprint density at radius 3 is 2.45 bits per heavy atom. The summed E-state index contributed by atoms with van der Waals surface area (Å²) in [5, 5.41) is 15.7. The SMILES string of the molecule is C[C@H](CO)N1C[C@H](C)[C@H](CN(C)Cc2ccc3c(c2)OCO3)Oc2ccc(NC(=O)CCCCCC(=O)Nc3ccccc3N)cc2C1=O. The molecule has 5 rings (SSSR count). The number of carbonyl (C=O) groups excluding carboxylic acids is 3. The first-order valence-electron chi connectivity index (χ1n) is 16.8. The minimum atomic E-state index is -0.404. The third-order valence-electron chi connectivity index (χ3n) is 8.87. The molecule has 0 unspecified atom stereocenters. The van der Waals surface area contributed by atoms with Crippen LogP contribution in [0, 0.1) is 5.92 Å². The van der Waals surface area contributed by atoms with Crippen molar-refractivity contribution in [3.8, 4) is 17.2 Å². The van der Waals surface area contributed by atoms with Gasteiger partial charge >= 0.3 is 0 Å². The highest BCUT2D eigenvalue weighted by Gasteiger charge is 2.33. The molecule has 5 N–H and O–H groups in total. The van der Waals surface area contributed by atoms with Gasteiger partial charge in [0.25, 0.3) is 5.91 Å². The van der Waals surface area contributed by atoms with E-state index in [2.05, 4.69) is 22.5 Å². The van der Waals surface area contributed by atoms with Crippen LogP contribution in [0.3, 0.4) is 0 Å². The van der Waals surface area contributed by atoms with Crippen LogP contribution in [0.25, 0.3) is 0 Å². The predicted molar refractivity (Wildman–Crippen MR) is 188 cm³/mol. The number of likely N-dealkylation sites (N-methyl/N-ethyl adjacent to an activating group) is 1. The number of nitrogen functional groups attached to an aromatic ring is 1. The Kier molecular flexibility index (Phi) is 12.0. The number of amides is 3. The summed E-state index contributed by atoms with van der Waals surface area (Å²) in [4.78, 5) is 42.8. The Balaban J connectivity index is 1.18. The Morgan fingerprint density at radius 2 is 1.69 bits per heavy atom. The lowest BCUT2D eigenvalue weighted by molar-refractivity contribution is -0.116. The van der Waals surface area contributed by atoms with Gasteiger partial charge in [0.2, 0.25) is 18.6 Å². The Hall–Kier alpha value is -4.81. The van der Waals surface area contributed by atoms with E-state index in [0.29, 0.717) is 73.7 Å². The average Bonchev–Trinajstić information content (AvgIpc) is 3.55. The van der Waals surface area contributed by atoms with Crippen LogP contribution in [0.1, 0.15) is 61.9 Å². The van der Waals surface area contributed by atoms with Crippen molar-refractivity contribution in [3.05, 3.63) is 71.8 Å². The topological polar surface area (TPSA) is 156 Å². The van der Waals surface area contributed by atoms with E-state index >= 15 is 0 Å². The van der Waals surface area contributed by atoms with E-state index < -0.39 is 6.04 Å². The number of hydrogen-bond donors (Lipinski definition) is 4. The first-order chi connectivity index (χ1) is 23.6. The van der Waals surface area contributed by atoms with E-state index in [1.807, 2.05) is 44.3 Å². The van der Waals surface area contributed by atoms with Crippen molar-refractivity contribution < 1.29 is 33.7 Å². The number of nitrogens with zero attached hydrogens (tertiary/aromatic N) is 2. The van der Waals surface area contributed by atoms with Gasteiger partial charge in [-0.2, -0.15) is 0 Å². The van der Waals surface area contributed by atoms with Gasteiger partial charge in [0, 0.05) is 44.1 Å². The number of para-hydroxylation sites is 2. The van der Waals surface area contributed by atoms with Crippen molar-refractivity contribution in [2.24, 2.45) is 5.92 Å². The molecule has 3 amide bonds. The van der Waals surface area contributed by atoms with Crippen LogP contribution in [-0.4, -0.2) is 78.3 Å². The number of carbonyl (C=O) groups is 3. The molecule has 0 bridgehead atoms. The molecule has 49 heavy (non-hydrogen) atoms. The van der Waals surface area contributed by atoms with Crippen molar-refractivity contribution in [1.29, 1.82) is 0 Å². The van der Waals surface area contributed by atoms with E-state index in [9.17, 15) is 19.5 Å². The zero-order chi connectivity index (χ0) is 34.9. The summed E-state index contributed by atoms with van der Waals surface area (Å²) in [5.74, 6) is 1.31. The second-order valence-corrected chi connectivity index (χ2v) is 13.0. The lowest BCUT2D eigenvalue weighted by Crippen LogP contribution is -2.49. The fraction of sp³-hybridized carbons (Fsp3) is 0.432. The number of nitrogens with two attached hydrogens (primary N) is 1. The fourth-order valence-corrected chi connectivity index (χ4v) is 6.04. The molecule has 0 radical (unpaired) electrons. The van der Waals surface area contributed by atoms with Gasteiger partial charge in [0.15, 0.2) is 11.5 Å². The van der Waals surface area contributed by atoms with Crippen molar-refractivity contribution >= 4 is 34.8 Å². The number of fused-ring (bicyclic) bond motifs is 2. The number of hydrogen-bond acceptors (Lipinski definition) is 9. The maximum Gasteiger partial charge on any atom is 0.258 e. The molecule has 12 heteroatoms. The molecule has 0 saturated heterocycles. The number of nitrogens with one attached hydrogen (secondary N) is 2. The summed E-state index contributed by atoms with van der Waals surface area (Å²) in [6.07, 6.45) is 2.31. The molecule has 12 nitrogen and oxygen atoms in total. The van der Waals surface area contributed by atoms with E-state index in [4.69, 9.17) is 19.9 Å². The molecule has 0 saturated carbocycles. The maximum absolute atomic E-state index is 13.8. The van der Waals surface area contributed by atoms with Gasteiger partial charge in [0.1, 0.15) is 11.9 Å². The standard InChI is InChI=1S/C37H47N5O7/c1-24-19-42(25(2)22-43)37(46)28-18-27(39-35(44)11-5-4-6-12-36(45)40-30-10-8-7-9-29(30)38)14-16-31(28)49-34(24)21-41(3)20-26-13-15-32-33(17-26)48-23-47-32/h7-10,13-18,24-25,34,43H,4-6,11-12,19-23,38H2,1-3H3,(H,39,44)(H,40,45)/t24-,25+,34-/m0/s1. The summed E-state index contributed by atoms with van der Waals surface area (Å²) in [5.41, 5.74) is 8.90. The number of rotatable bonds is 14. The van der Waals surface area contributed by atoms with Gasteiger partial charge in [-0.15, -0.1) is 0 Å². The fourth-order valence-electron chi connectivity index (χ4n) is 6.04. The summed E-state index contributed by atoms with van der Waals surface area (Å²) in [6, 6.07) is 17.7. The molecule has 0 spiro atoms. The van der Waals surface area contributed by atoms with Gasteiger partial charge in [0.05, 0.1) is 29.6 Å². The van der Waals surface area contributed by atoms with Crippen molar-refractivity contribution in [2.75, 3.05) is 49.9 Å². The maximum atomic E-state index is 13.8. The highest BCUT2D eigenvalue weighted by Crippen LogP contribution is 2.34. The minimum Gasteiger partial charge on any atom is -0.488 e. The second kappa shape index (κ2) is 16.5. The summed E-state index contributed by atoms with van der Waals surface area (Å²) in [6.45, 7) is 5.56. The van der Waals surface area contributed by atoms with Crippen molar-refractivity contribution in [2.45, 2.75) is 64.6 Å². The summed E-state index contributed by atoms with van der Waals surface area (Å²) in [7, 11) is 2.02. The molecule has 0 fully saturated rings. The van der Waals surface area contributed by atoms with Crippen LogP contribution >= 0.6 is 0 Å². The molecule has 3 atom stereocenters. The van der Waals surface area contributed by atoms with Crippen LogP contribution in [0.5, 0.6) is 17.2 Å². The van der Waals surface area contributed by atoms with Gasteiger partial charge in [-0.3, -0.25) is 19.3 Å². The van der Waals surface area contributed by atoms with Crippen LogP contribution in [0.15, 0.2) is 60.7 Å². The van der Waals surface area contributed by atoms with E-state index in [-0.39, 0.29) is 49.6 Å². The number of ether oxygens (including phenoxy) is 3. The molecule has 2 heterocycles. The predicted octanol–water partition coefficient (Wildman–Crippen LogP) is 4.88. The number of benzene rings is 3. The zero-order valence-electron chi connectivity index (χ0n) is 28.4. The Bertz CT molecular complexity index is 1630. The van der Waals surface area contributed by atoms with Crippen LogP contribution < -0.4 is 30.6 Å². The third kappa shape index (κ3) is 9.42. The zero-order valence-corrected chi connectivity index (χ0v) is 28.4. The normalized spacial score (nSPS) is 17.5. The van der Waals surface area contributed by atoms with Crippen LogP contribution in [0.4, 0.5) is 17.1 Å². The molecule has 3 aromatic carbocycles. The molecular formula is C37H47N5O7. The van der Waals surface area contributed by atoms with Crippen LogP contribution in [-0.2, 0) is 16.1 Å². The van der Waals surface area contributed by atoms with Crippen molar-refractivity contribution in [1.82, 2.24) is 9.80 Å². The molecule has 2 aliphatic rings. The second-order valence-electron chi connectivity index (χ2n) is 13.0. The highest BCUT2D eigenvalue weighted by molar-refractivity contribution is 6.00. The summed E-state index contributed by atoms with van der Waals surface area (Å²) >= 11 is 0. The first-order valence-corrected chi connectivity index (χ1v) is 16.8.